The van der Waals surface area contributed by atoms with Gasteiger partial charge >= 0.3 is 0 Å². The van der Waals surface area contributed by atoms with Crippen LogP contribution in [0.4, 0.5) is 15.8 Å². The third-order valence-electron chi connectivity index (χ3n) is 1.96. The van der Waals surface area contributed by atoms with E-state index in [1.165, 1.54) is 12.3 Å². The lowest BCUT2D eigenvalue weighted by atomic mass is 10.3. The van der Waals surface area contributed by atoms with E-state index in [9.17, 15) is 4.39 Å². The van der Waals surface area contributed by atoms with Crippen LogP contribution in [-0.2, 0) is 0 Å². The van der Waals surface area contributed by atoms with Crippen LogP contribution in [-0.4, -0.2) is 4.98 Å². The second-order valence-corrected chi connectivity index (χ2v) is 3.89. The molecule has 2 nitrogen and oxygen atoms in total. The topological polar surface area (TPSA) is 24.9 Å². The summed E-state index contributed by atoms with van der Waals surface area (Å²) >= 11 is 11.4. The first-order valence-electron chi connectivity index (χ1n) is 4.49. The Kier molecular flexibility index (Phi) is 3.27. The smallest absolute Gasteiger partial charge is 0.165 e. The molecule has 0 aliphatic carbocycles. The third-order valence-corrected chi connectivity index (χ3v) is 2.46. The average Bonchev–Trinajstić information content (AvgIpc) is 2.25. The van der Waals surface area contributed by atoms with E-state index in [4.69, 9.17) is 23.2 Å². The van der Waals surface area contributed by atoms with Gasteiger partial charge in [-0.05, 0) is 24.3 Å². The monoisotopic (exact) mass is 256 g/mol. The molecule has 2 aromatic rings. The molecular formula is C11H7Cl2FN2. The van der Waals surface area contributed by atoms with Crippen molar-refractivity contribution in [2.45, 2.75) is 0 Å². The van der Waals surface area contributed by atoms with Gasteiger partial charge in [0.25, 0.3) is 0 Å². The SMILES string of the molecule is Fc1c(Cl)cccc1Nc1ccnc(Cl)c1. The fraction of sp³-hybridized carbons (Fsp3) is 0. The Morgan fingerprint density at radius 2 is 2.00 bits per heavy atom. The standard InChI is InChI=1S/C11H7Cl2FN2/c12-8-2-1-3-9(11(8)14)16-7-4-5-15-10(13)6-7/h1-6H,(H,15,16). The maximum Gasteiger partial charge on any atom is 0.165 e. The summed E-state index contributed by atoms with van der Waals surface area (Å²) in [4.78, 5) is 3.83. The van der Waals surface area contributed by atoms with Crippen molar-refractivity contribution in [3.8, 4) is 0 Å². The van der Waals surface area contributed by atoms with Gasteiger partial charge in [-0.1, -0.05) is 29.3 Å². The molecule has 1 N–H and O–H groups in total. The predicted molar refractivity (Wildman–Crippen MR) is 63.9 cm³/mol. The highest BCUT2D eigenvalue weighted by Crippen LogP contribution is 2.25. The molecule has 0 fully saturated rings. The lowest BCUT2D eigenvalue weighted by Crippen LogP contribution is -1.94. The Hall–Kier alpha value is -1.32. The molecule has 0 saturated carbocycles. The Labute approximate surface area is 102 Å². The molecule has 0 aliphatic rings. The summed E-state index contributed by atoms with van der Waals surface area (Å²) in [5.74, 6) is -0.489. The first kappa shape index (κ1) is 11.2. The normalized spacial score (nSPS) is 10.2. The molecule has 1 heterocycles. The van der Waals surface area contributed by atoms with Crippen molar-refractivity contribution in [3.63, 3.8) is 0 Å². The zero-order valence-electron chi connectivity index (χ0n) is 8.05. The number of benzene rings is 1. The molecule has 0 saturated heterocycles. The average molecular weight is 257 g/mol. The van der Waals surface area contributed by atoms with E-state index in [1.54, 1.807) is 24.3 Å². The van der Waals surface area contributed by atoms with Crippen LogP contribution in [0.25, 0.3) is 0 Å². The lowest BCUT2D eigenvalue weighted by Gasteiger charge is -2.08. The maximum atomic E-state index is 13.5. The van der Waals surface area contributed by atoms with Crippen molar-refractivity contribution in [1.29, 1.82) is 0 Å². The van der Waals surface area contributed by atoms with E-state index in [0.29, 0.717) is 16.5 Å². The molecule has 1 aromatic carbocycles. The van der Waals surface area contributed by atoms with Crippen LogP contribution in [0.3, 0.4) is 0 Å². The van der Waals surface area contributed by atoms with Gasteiger partial charge in [-0.2, -0.15) is 0 Å². The number of rotatable bonds is 2. The lowest BCUT2D eigenvalue weighted by molar-refractivity contribution is 0.632. The van der Waals surface area contributed by atoms with Crippen molar-refractivity contribution >= 4 is 34.6 Å². The second-order valence-electron chi connectivity index (χ2n) is 3.09. The molecular weight excluding hydrogens is 250 g/mol. The van der Waals surface area contributed by atoms with Crippen LogP contribution in [0.15, 0.2) is 36.5 Å². The van der Waals surface area contributed by atoms with Gasteiger partial charge in [0.1, 0.15) is 5.15 Å². The van der Waals surface area contributed by atoms with Crippen LogP contribution >= 0.6 is 23.2 Å². The zero-order valence-corrected chi connectivity index (χ0v) is 9.56. The Bertz CT molecular complexity index is 517. The summed E-state index contributed by atoms with van der Waals surface area (Å²) in [7, 11) is 0. The Balaban J connectivity index is 2.31. The molecule has 2 rings (SSSR count). The van der Waals surface area contributed by atoms with Gasteiger partial charge < -0.3 is 5.32 Å². The number of pyridine rings is 1. The van der Waals surface area contributed by atoms with Crippen LogP contribution in [0.2, 0.25) is 10.2 Å². The van der Waals surface area contributed by atoms with Gasteiger partial charge in [0.2, 0.25) is 0 Å². The number of halogens is 3. The number of nitrogens with zero attached hydrogens (tertiary/aromatic N) is 1. The molecule has 0 unspecified atom stereocenters. The van der Waals surface area contributed by atoms with Gasteiger partial charge in [-0.3, -0.25) is 0 Å². The number of hydrogen-bond acceptors (Lipinski definition) is 2. The van der Waals surface area contributed by atoms with Crippen LogP contribution in [0.1, 0.15) is 0 Å². The van der Waals surface area contributed by atoms with Gasteiger partial charge in [0.15, 0.2) is 5.82 Å². The van der Waals surface area contributed by atoms with E-state index >= 15 is 0 Å². The molecule has 16 heavy (non-hydrogen) atoms. The summed E-state index contributed by atoms with van der Waals surface area (Å²) in [5.41, 5.74) is 0.955. The highest BCUT2D eigenvalue weighted by atomic mass is 35.5. The van der Waals surface area contributed by atoms with Gasteiger partial charge in [0.05, 0.1) is 10.7 Å². The molecule has 0 amide bonds. The van der Waals surface area contributed by atoms with Gasteiger partial charge in [0, 0.05) is 11.9 Å². The molecule has 0 spiro atoms. The zero-order chi connectivity index (χ0) is 11.5. The fourth-order valence-corrected chi connectivity index (χ4v) is 1.58. The van der Waals surface area contributed by atoms with Gasteiger partial charge in [-0.25, -0.2) is 9.37 Å². The summed E-state index contributed by atoms with van der Waals surface area (Å²) in [6.45, 7) is 0. The van der Waals surface area contributed by atoms with Crippen molar-refractivity contribution in [2.75, 3.05) is 5.32 Å². The largest absolute Gasteiger partial charge is 0.353 e. The van der Waals surface area contributed by atoms with E-state index in [-0.39, 0.29) is 5.02 Å². The molecule has 5 heteroatoms. The summed E-state index contributed by atoms with van der Waals surface area (Å²) in [6.07, 6.45) is 1.53. The van der Waals surface area contributed by atoms with Gasteiger partial charge in [-0.15, -0.1) is 0 Å². The molecule has 0 aliphatic heterocycles. The minimum atomic E-state index is -0.489. The highest BCUT2D eigenvalue weighted by Gasteiger charge is 2.06. The van der Waals surface area contributed by atoms with Crippen LogP contribution < -0.4 is 5.32 Å². The van der Waals surface area contributed by atoms with Crippen molar-refractivity contribution in [3.05, 3.63) is 52.5 Å². The Morgan fingerprint density at radius 1 is 1.19 bits per heavy atom. The molecule has 0 atom stereocenters. The van der Waals surface area contributed by atoms with Crippen molar-refractivity contribution in [1.82, 2.24) is 4.98 Å². The minimum Gasteiger partial charge on any atom is -0.353 e. The van der Waals surface area contributed by atoms with E-state index < -0.39 is 5.82 Å². The third kappa shape index (κ3) is 2.43. The first-order chi connectivity index (χ1) is 7.66. The van der Waals surface area contributed by atoms with E-state index in [0.717, 1.165) is 0 Å². The summed E-state index contributed by atoms with van der Waals surface area (Å²) in [6, 6.07) is 8.03. The number of anilines is 2. The number of aromatic nitrogens is 1. The van der Waals surface area contributed by atoms with Crippen LogP contribution in [0.5, 0.6) is 0 Å². The summed E-state index contributed by atoms with van der Waals surface area (Å²) in [5, 5.41) is 3.28. The first-order valence-corrected chi connectivity index (χ1v) is 5.25. The molecule has 0 radical (unpaired) electrons. The second kappa shape index (κ2) is 4.68. The highest BCUT2D eigenvalue weighted by molar-refractivity contribution is 6.31. The molecule has 0 bridgehead atoms. The quantitative estimate of drug-likeness (QED) is 0.812. The molecule has 82 valence electrons. The molecule has 1 aromatic heterocycles. The van der Waals surface area contributed by atoms with E-state index in [2.05, 4.69) is 10.3 Å². The number of hydrogen-bond donors (Lipinski definition) is 1. The minimum absolute atomic E-state index is 0.0742. The maximum absolute atomic E-state index is 13.5. The van der Waals surface area contributed by atoms with Crippen LogP contribution in [0, 0.1) is 5.82 Å². The Morgan fingerprint density at radius 3 is 2.75 bits per heavy atom. The summed E-state index contributed by atoms with van der Waals surface area (Å²) < 4.78 is 13.5. The number of nitrogens with one attached hydrogen (secondary N) is 1. The van der Waals surface area contributed by atoms with Crippen molar-refractivity contribution in [2.24, 2.45) is 0 Å². The predicted octanol–water partition coefficient (Wildman–Crippen LogP) is 4.27. The van der Waals surface area contributed by atoms with E-state index in [1.807, 2.05) is 0 Å². The van der Waals surface area contributed by atoms with Crippen molar-refractivity contribution < 1.29 is 4.39 Å². The fourth-order valence-electron chi connectivity index (χ4n) is 1.24.